The van der Waals surface area contributed by atoms with E-state index in [0.717, 1.165) is 11.1 Å². The summed E-state index contributed by atoms with van der Waals surface area (Å²) < 4.78 is 1.96. The molecule has 0 radical (unpaired) electrons. The van der Waals surface area contributed by atoms with E-state index in [0.29, 0.717) is 35.4 Å². The van der Waals surface area contributed by atoms with Crippen molar-refractivity contribution in [1.29, 1.82) is 0 Å². The summed E-state index contributed by atoms with van der Waals surface area (Å²) >= 11 is 0. The Morgan fingerprint density at radius 2 is 1.63 bits per heavy atom. The lowest BCUT2D eigenvalue weighted by molar-refractivity contribution is -0.114. The molecular formula is C24H22N4O2. The van der Waals surface area contributed by atoms with E-state index >= 15 is 0 Å². The first-order valence-electron chi connectivity index (χ1n) is 9.72. The van der Waals surface area contributed by atoms with Crippen LogP contribution in [-0.4, -0.2) is 21.4 Å². The SMILES string of the molecule is CC(=O)Nc1cnc2c(c1)c(C(=O)NCc1ccccc1)cn2Cc1ccccc1. The summed E-state index contributed by atoms with van der Waals surface area (Å²) in [5.41, 5.74) is 3.91. The topological polar surface area (TPSA) is 76.0 Å². The van der Waals surface area contributed by atoms with Crippen LogP contribution in [0.4, 0.5) is 5.69 Å². The molecular weight excluding hydrogens is 376 g/mol. The van der Waals surface area contributed by atoms with E-state index in [1.807, 2.05) is 71.4 Å². The number of fused-ring (bicyclic) bond motifs is 1. The van der Waals surface area contributed by atoms with E-state index in [9.17, 15) is 9.59 Å². The van der Waals surface area contributed by atoms with Crippen LogP contribution in [0.5, 0.6) is 0 Å². The number of nitrogens with one attached hydrogen (secondary N) is 2. The Morgan fingerprint density at radius 3 is 2.30 bits per heavy atom. The first-order chi connectivity index (χ1) is 14.6. The molecule has 0 atom stereocenters. The number of benzene rings is 2. The molecule has 2 amide bonds. The molecule has 4 aromatic rings. The minimum absolute atomic E-state index is 0.183. The number of aromatic nitrogens is 2. The zero-order valence-corrected chi connectivity index (χ0v) is 16.6. The monoisotopic (exact) mass is 398 g/mol. The molecule has 0 aliphatic heterocycles. The van der Waals surface area contributed by atoms with E-state index < -0.39 is 0 Å². The Bertz CT molecular complexity index is 1180. The molecule has 6 nitrogen and oxygen atoms in total. The summed E-state index contributed by atoms with van der Waals surface area (Å²) in [5, 5.41) is 6.41. The zero-order chi connectivity index (χ0) is 20.9. The molecule has 4 rings (SSSR count). The summed E-state index contributed by atoms with van der Waals surface area (Å²) in [6.07, 6.45) is 3.43. The summed E-state index contributed by atoms with van der Waals surface area (Å²) in [6, 6.07) is 21.6. The van der Waals surface area contributed by atoms with Gasteiger partial charge in [0.25, 0.3) is 5.91 Å². The predicted molar refractivity (Wildman–Crippen MR) is 117 cm³/mol. The van der Waals surface area contributed by atoms with E-state index in [-0.39, 0.29) is 11.8 Å². The van der Waals surface area contributed by atoms with Gasteiger partial charge in [-0.15, -0.1) is 0 Å². The number of rotatable bonds is 6. The predicted octanol–water partition coefficient (Wildman–Crippen LogP) is 3.97. The molecule has 30 heavy (non-hydrogen) atoms. The van der Waals surface area contributed by atoms with Gasteiger partial charge in [0.15, 0.2) is 0 Å². The zero-order valence-electron chi connectivity index (χ0n) is 16.6. The van der Waals surface area contributed by atoms with Crippen molar-refractivity contribution in [3.05, 3.63) is 95.8 Å². The second-order valence-electron chi connectivity index (χ2n) is 7.10. The van der Waals surface area contributed by atoms with Crippen molar-refractivity contribution in [3.8, 4) is 0 Å². The van der Waals surface area contributed by atoms with Gasteiger partial charge in [0.2, 0.25) is 5.91 Å². The molecule has 0 fully saturated rings. The summed E-state index contributed by atoms with van der Waals surface area (Å²) in [4.78, 5) is 29.0. The molecule has 2 N–H and O–H groups in total. The van der Waals surface area contributed by atoms with Crippen LogP contribution in [0.25, 0.3) is 11.0 Å². The van der Waals surface area contributed by atoms with Crippen LogP contribution >= 0.6 is 0 Å². The van der Waals surface area contributed by atoms with Crippen LogP contribution in [-0.2, 0) is 17.9 Å². The van der Waals surface area contributed by atoms with Crippen molar-refractivity contribution >= 4 is 28.5 Å². The maximum atomic E-state index is 13.0. The number of pyridine rings is 1. The molecule has 0 aliphatic carbocycles. The number of carbonyl (C=O) groups is 2. The van der Waals surface area contributed by atoms with Crippen LogP contribution in [0.1, 0.15) is 28.4 Å². The van der Waals surface area contributed by atoms with Gasteiger partial charge in [-0.05, 0) is 17.2 Å². The van der Waals surface area contributed by atoms with E-state index in [1.165, 1.54) is 6.92 Å². The van der Waals surface area contributed by atoms with Gasteiger partial charge in [-0.3, -0.25) is 9.59 Å². The lowest BCUT2D eigenvalue weighted by Crippen LogP contribution is -2.22. The quantitative estimate of drug-likeness (QED) is 0.516. The second-order valence-corrected chi connectivity index (χ2v) is 7.10. The fourth-order valence-corrected chi connectivity index (χ4v) is 3.40. The fourth-order valence-electron chi connectivity index (χ4n) is 3.40. The first kappa shape index (κ1) is 19.4. The summed E-state index contributed by atoms with van der Waals surface area (Å²) in [6.45, 7) is 2.47. The number of hydrogen-bond acceptors (Lipinski definition) is 3. The largest absolute Gasteiger partial charge is 0.348 e. The number of carbonyl (C=O) groups excluding carboxylic acids is 2. The highest BCUT2D eigenvalue weighted by atomic mass is 16.2. The molecule has 6 heteroatoms. The van der Waals surface area contributed by atoms with Crippen LogP contribution < -0.4 is 10.6 Å². The molecule has 2 heterocycles. The minimum atomic E-state index is -0.185. The maximum absolute atomic E-state index is 13.0. The first-order valence-corrected chi connectivity index (χ1v) is 9.72. The highest BCUT2D eigenvalue weighted by Crippen LogP contribution is 2.24. The Kier molecular flexibility index (Phi) is 5.57. The smallest absolute Gasteiger partial charge is 0.253 e. The maximum Gasteiger partial charge on any atom is 0.253 e. The number of anilines is 1. The van der Waals surface area contributed by atoms with Gasteiger partial charge < -0.3 is 15.2 Å². The van der Waals surface area contributed by atoms with Gasteiger partial charge >= 0.3 is 0 Å². The average Bonchev–Trinajstić information content (AvgIpc) is 3.11. The van der Waals surface area contributed by atoms with Crippen molar-refractivity contribution in [2.24, 2.45) is 0 Å². The summed E-state index contributed by atoms with van der Waals surface area (Å²) in [5.74, 6) is -0.368. The molecule has 0 saturated heterocycles. The second kappa shape index (κ2) is 8.61. The Balaban J connectivity index is 1.68. The molecule has 2 aromatic heterocycles. The number of nitrogens with zero attached hydrogens (tertiary/aromatic N) is 2. The van der Waals surface area contributed by atoms with E-state index in [4.69, 9.17) is 0 Å². The van der Waals surface area contributed by atoms with Crippen molar-refractivity contribution in [3.63, 3.8) is 0 Å². The average molecular weight is 398 g/mol. The van der Waals surface area contributed by atoms with Gasteiger partial charge in [-0.2, -0.15) is 0 Å². The van der Waals surface area contributed by atoms with Crippen molar-refractivity contribution in [2.75, 3.05) is 5.32 Å². The normalized spacial score (nSPS) is 10.7. The van der Waals surface area contributed by atoms with Crippen LogP contribution in [0.15, 0.2) is 79.1 Å². The summed E-state index contributed by atoms with van der Waals surface area (Å²) in [7, 11) is 0. The van der Waals surface area contributed by atoms with Crippen molar-refractivity contribution in [2.45, 2.75) is 20.0 Å². The minimum Gasteiger partial charge on any atom is -0.348 e. The van der Waals surface area contributed by atoms with E-state index in [1.54, 1.807) is 12.3 Å². The standard InChI is InChI=1S/C24H22N4O2/c1-17(29)27-20-12-21-22(24(30)26-13-18-8-4-2-5-9-18)16-28(23(21)25-14-20)15-19-10-6-3-7-11-19/h2-12,14,16H,13,15H2,1H3,(H,26,30)(H,27,29). The third kappa shape index (κ3) is 4.38. The van der Waals surface area contributed by atoms with Gasteiger partial charge in [0.1, 0.15) is 5.65 Å². The van der Waals surface area contributed by atoms with Gasteiger partial charge in [-0.1, -0.05) is 60.7 Å². The molecule has 0 spiro atoms. The molecule has 0 saturated carbocycles. The van der Waals surface area contributed by atoms with Gasteiger partial charge in [-0.25, -0.2) is 4.98 Å². The van der Waals surface area contributed by atoms with E-state index in [2.05, 4.69) is 15.6 Å². The van der Waals surface area contributed by atoms with Crippen molar-refractivity contribution in [1.82, 2.24) is 14.9 Å². The lowest BCUT2D eigenvalue weighted by Gasteiger charge is -2.06. The van der Waals surface area contributed by atoms with Crippen molar-refractivity contribution < 1.29 is 9.59 Å². The van der Waals surface area contributed by atoms with Crippen LogP contribution in [0.2, 0.25) is 0 Å². The lowest BCUT2D eigenvalue weighted by atomic mass is 10.2. The van der Waals surface area contributed by atoms with Crippen LogP contribution in [0.3, 0.4) is 0 Å². The third-order valence-electron chi connectivity index (χ3n) is 4.77. The number of amides is 2. The Hall–Kier alpha value is -3.93. The molecule has 2 aromatic carbocycles. The fraction of sp³-hybridized carbons (Fsp3) is 0.125. The Labute approximate surface area is 174 Å². The highest BCUT2D eigenvalue weighted by Gasteiger charge is 2.17. The molecule has 150 valence electrons. The molecule has 0 aliphatic rings. The Morgan fingerprint density at radius 1 is 0.967 bits per heavy atom. The van der Waals surface area contributed by atoms with Crippen LogP contribution in [0, 0.1) is 0 Å². The third-order valence-corrected chi connectivity index (χ3v) is 4.77. The van der Waals surface area contributed by atoms with Gasteiger partial charge in [0, 0.05) is 31.6 Å². The van der Waals surface area contributed by atoms with Gasteiger partial charge in [0.05, 0.1) is 17.4 Å². The molecule has 0 bridgehead atoms. The molecule has 0 unspecified atom stereocenters. The number of hydrogen-bond donors (Lipinski definition) is 2. The highest BCUT2D eigenvalue weighted by molar-refractivity contribution is 6.07.